The maximum absolute atomic E-state index is 6.22. The van der Waals surface area contributed by atoms with E-state index in [1.807, 2.05) is 12.1 Å². The predicted octanol–water partition coefficient (Wildman–Crippen LogP) is 5.78. The van der Waals surface area contributed by atoms with Gasteiger partial charge in [0.25, 0.3) is 5.89 Å². The van der Waals surface area contributed by atoms with Crippen molar-refractivity contribution < 1.29 is 4.42 Å². The number of rotatable bonds is 3. The van der Waals surface area contributed by atoms with Gasteiger partial charge in [0.2, 0.25) is 5.89 Å². The maximum Gasteiger partial charge on any atom is 0.259 e. The highest BCUT2D eigenvalue weighted by molar-refractivity contribution is 6.50. The predicted molar refractivity (Wildman–Crippen MR) is 89.9 cm³/mol. The average molecular weight is 352 g/mol. The highest BCUT2D eigenvalue weighted by atomic mass is 35.5. The van der Waals surface area contributed by atoms with Gasteiger partial charge in [-0.15, -0.1) is 10.2 Å². The first-order chi connectivity index (χ1) is 10.6. The van der Waals surface area contributed by atoms with Gasteiger partial charge in [0.05, 0.1) is 0 Å². The summed E-state index contributed by atoms with van der Waals surface area (Å²) in [7, 11) is 0. The lowest BCUT2D eigenvalue weighted by molar-refractivity contribution is 0.556. The van der Waals surface area contributed by atoms with Crippen LogP contribution in [0.4, 0.5) is 0 Å². The van der Waals surface area contributed by atoms with Crippen LogP contribution < -0.4 is 0 Å². The lowest BCUT2D eigenvalue weighted by Crippen LogP contribution is -1.78. The van der Waals surface area contributed by atoms with E-state index < -0.39 is 0 Å². The molecule has 0 unspecified atom stereocenters. The summed E-state index contributed by atoms with van der Waals surface area (Å²) in [5, 5.41) is 9.60. The lowest BCUT2D eigenvalue weighted by Gasteiger charge is -1.96. The van der Waals surface area contributed by atoms with Crippen molar-refractivity contribution >= 4 is 45.9 Å². The fourth-order valence-electron chi connectivity index (χ4n) is 1.80. The van der Waals surface area contributed by atoms with Gasteiger partial charge >= 0.3 is 0 Å². The van der Waals surface area contributed by atoms with E-state index in [1.54, 1.807) is 42.5 Å². The highest BCUT2D eigenvalue weighted by Gasteiger charge is 2.11. The van der Waals surface area contributed by atoms with E-state index in [4.69, 9.17) is 39.2 Å². The van der Waals surface area contributed by atoms with Crippen LogP contribution in [0.5, 0.6) is 0 Å². The van der Waals surface area contributed by atoms with Crippen LogP contribution in [0.2, 0.25) is 10.0 Å². The largest absolute Gasteiger partial charge is 0.415 e. The summed E-state index contributed by atoms with van der Waals surface area (Å²) in [6.07, 6.45) is 1.73. The first kappa shape index (κ1) is 15.1. The van der Waals surface area contributed by atoms with Gasteiger partial charge in [-0.2, -0.15) is 0 Å². The van der Waals surface area contributed by atoms with Crippen molar-refractivity contribution in [2.24, 2.45) is 0 Å². The van der Waals surface area contributed by atoms with Gasteiger partial charge in [-0.05, 0) is 48.0 Å². The maximum atomic E-state index is 6.22. The summed E-state index contributed by atoms with van der Waals surface area (Å²) < 4.78 is 5.58. The summed E-state index contributed by atoms with van der Waals surface area (Å²) in [4.78, 5) is 0. The average Bonchev–Trinajstić information content (AvgIpc) is 3.00. The molecule has 0 aliphatic heterocycles. The van der Waals surface area contributed by atoms with Gasteiger partial charge in [0.15, 0.2) is 0 Å². The molecule has 110 valence electrons. The SMILES string of the molecule is Cl/C(=C\c1ccc(Cl)cc1)c1nnc(-c2ccc(Cl)cc2)o1. The Bertz CT molecular complexity index is 808. The van der Waals surface area contributed by atoms with Gasteiger partial charge in [0, 0.05) is 15.6 Å². The molecule has 0 bridgehead atoms. The quantitative estimate of drug-likeness (QED) is 0.600. The zero-order valence-corrected chi connectivity index (χ0v) is 13.4. The second-order valence-corrected chi connectivity index (χ2v) is 5.74. The second kappa shape index (κ2) is 6.53. The van der Waals surface area contributed by atoms with Crippen LogP contribution in [0.1, 0.15) is 11.5 Å². The molecule has 6 heteroatoms. The van der Waals surface area contributed by atoms with Crippen LogP contribution in [0, 0.1) is 0 Å². The third-order valence-electron chi connectivity index (χ3n) is 2.88. The van der Waals surface area contributed by atoms with Crippen LogP contribution >= 0.6 is 34.8 Å². The minimum Gasteiger partial charge on any atom is -0.415 e. The van der Waals surface area contributed by atoms with E-state index in [0.717, 1.165) is 11.1 Å². The topological polar surface area (TPSA) is 38.9 Å². The molecule has 0 radical (unpaired) electrons. The van der Waals surface area contributed by atoms with Crippen molar-refractivity contribution in [3.05, 3.63) is 70.0 Å². The van der Waals surface area contributed by atoms with E-state index in [2.05, 4.69) is 10.2 Å². The Hall–Kier alpha value is -1.81. The second-order valence-electron chi connectivity index (χ2n) is 4.46. The number of hydrogen-bond acceptors (Lipinski definition) is 3. The Kier molecular flexibility index (Phi) is 4.48. The van der Waals surface area contributed by atoms with E-state index in [0.29, 0.717) is 21.0 Å². The Morgan fingerprint density at radius 3 is 2.09 bits per heavy atom. The van der Waals surface area contributed by atoms with Crippen molar-refractivity contribution in [1.29, 1.82) is 0 Å². The van der Waals surface area contributed by atoms with Crippen molar-refractivity contribution in [1.82, 2.24) is 10.2 Å². The van der Waals surface area contributed by atoms with Crippen LogP contribution in [-0.2, 0) is 0 Å². The van der Waals surface area contributed by atoms with E-state index >= 15 is 0 Å². The van der Waals surface area contributed by atoms with Gasteiger partial charge in [-0.3, -0.25) is 0 Å². The van der Waals surface area contributed by atoms with E-state index in [9.17, 15) is 0 Å². The molecule has 1 aromatic heterocycles. The minimum absolute atomic E-state index is 0.251. The number of benzene rings is 2. The lowest BCUT2D eigenvalue weighted by atomic mass is 10.2. The summed E-state index contributed by atoms with van der Waals surface area (Å²) in [5.74, 6) is 0.635. The molecule has 0 amide bonds. The Labute approximate surface area is 142 Å². The van der Waals surface area contributed by atoms with E-state index in [1.165, 1.54) is 0 Å². The molecule has 22 heavy (non-hydrogen) atoms. The van der Waals surface area contributed by atoms with Gasteiger partial charge in [-0.25, -0.2) is 0 Å². The molecular formula is C16H9Cl3N2O. The normalized spacial score (nSPS) is 11.7. The summed E-state index contributed by atoms with van der Waals surface area (Å²) in [6.45, 7) is 0. The molecule has 0 aliphatic carbocycles. The number of nitrogens with zero attached hydrogens (tertiary/aromatic N) is 2. The molecule has 0 spiro atoms. The molecule has 0 fully saturated rings. The smallest absolute Gasteiger partial charge is 0.259 e. The van der Waals surface area contributed by atoms with Crippen molar-refractivity contribution in [2.75, 3.05) is 0 Å². The Balaban J connectivity index is 1.86. The zero-order chi connectivity index (χ0) is 15.5. The monoisotopic (exact) mass is 350 g/mol. The molecule has 1 heterocycles. The fraction of sp³-hybridized carbons (Fsp3) is 0. The zero-order valence-electron chi connectivity index (χ0n) is 11.1. The molecule has 0 aliphatic rings. The molecule has 3 nitrogen and oxygen atoms in total. The Morgan fingerprint density at radius 1 is 0.864 bits per heavy atom. The van der Waals surface area contributed by atoms with Crippen LogP contribution in [-0.4, -0.2) is 10.2 Å². The van der Waals surface area contributed by atoms with Crippen molar-refractivity contribution in [2.45, 2.75) is 0 Å². The van der Waals surface area contributed by atoms with Crippen molar-refractivity contribution in [3.63, 3.8) is 0 Å². The van der Waals surface area contributed by atoms with Gasteiger partial charge in [-0.1, -0.05) is 46.9 Å². The Morgan fingerprint density at radius 2 is 1.45 bits per heavy atom. The number of hydrogen-bond donors (Lipinski definition) is 0. The summed E-state index contributed by atoms with van der Waals surface area (Å²) in [5.41, 5.74) is 1.67. The highest BCUT2D eigenvalue weighted by Crippen LogP contribution is 2.26. The molecule has 3 rings (SSSR count). The number of aromatic nitrogens is 2. The van der Waals surface area contributed by atoms with Crippen molar-refractivity contribution in [3.8, 4) is 11.5 Å². The van der Waals surface area contributed by atoms with Crippen LogP contribution in [0.25, 0.3) is 22.6 Å². The molecular weight excluding hydrogens is 343 g/mol. The number of halogens is 3. The minimum atomic E-state index is 0.251. The summed E-state index contributed by atoms with van der Waals surface area (Å²) >= 11 is 17.9. The summed E-state index contributed by atoms with van der Waals surface area (Å²) in [6, 6.07) is 14.4. The standard InChI is InChI=1S/C16H9Cl3N2O/c17-12-5-1-10(2-6-12)9-14(19)16-21-20-15(22-16)11-3-7-13(18)8-4-11/h1-9H/b14-9-. The molecule has 0 saturated heterocycles. The van der Waals surface area contributed by atoms with Gasteiger partial charge < -0.3 is 4.42 Å². The molecule has 0 N–H and O–H groups in total. The first-order valence-corrected chi connectivity index (χ1v) is 7.48. The molecule has 0 atom stereocenters. The molecule has 3 aromatic rings. The molecule has 2 aromatic carbocycles. The fourth-order valence-corrected chi connectivity index (χ4v) is 2.25. The third-order valence-corrected chi connectivity index (χ3v) is 3.66. The van der Waals surface area contributed by atoms with E-state index in [-0.39, 0.29) is 5.89 Å². The van der Waals surface area contributed by atoms with Crippen LogP contribution in [0.15, 0.2) is 52.9 Å². The first-order valence-electron chi connectivity index (χ1n) is 6.34. The molecule has 0 saturated carbocycles. The third kappa shape index (κ3) is 3.50. The van der Waals surface area contributed by atoms with Gasteiger partial charge in [0.1, 0.15) is 5.03 Å². The van der Waals surface area contributed by atoms with Crippen LogP contribution in [0.3, 0.4) is 0 Å².